The van der Waals surface area contributed by atoms with Crippen LogP contribution in [0.15, 0.2) is 34.8 Å². The van der Waals surface area contributed by atoms with Crippen molar-refractivity contribution in [2.75, 3.05) is 6.54 Å². The minimum absolute atomic E-state index is 0.0157. The largest absolute Gasteiger partial charge is 0.307 e. The van der Waals surface area contributed by atoms with Crippen LogP contribution < -0.4 is 5.32 Å². The molecule has 0 aromatic heterocycles. The Morgan fingerprint density at radius 2 is 2.20 bits per heavy atom. The third-order valence-electron chi connectivity index (χ3n) is 2.12. The van der Waals surface area contributed by atoms with Gasteiger partial charge in [0.1, 0.15) is 5.82 Å². The van der Waals surface area contributed by atoms with Crippen LogP contribution in [0.3, 0.4) is 0 Å². The van der Waals surface area contributed by atoms with E-state index in [2.05, 4.69) is 27.8 Å². The fourth-order valence-corrected chi connectivity index (χ4v) is 2.01. The third-order valence-corrected chi connectivity index (χ3v) is 2.58. The summed E-state index contributed by atoms with van der Waals surface area (Å²) in [6.45, 7) is 8.69. The highest BCUT2D eigenvalue weighted by atomic mass is 79.9. The molecule has 0 aliphatic heterocycles. The van der Waals surface area contributed by atoms with Gasteiger partial charge in [0.05, 0.1) is 6.04 Å². The summed E-state index contributed by atoms with van der Waals surface area (Å²) in [4.78, 5) is 0. The van der Waals surface area contributed by atoms with Crippen LogP contribution in [0.25, 0.3) is 0 Å². The lowest BCUT2D eigenvalue weighted by Crippen LogP contribution is -2.21. The second kappa shape index (κ2) is 5.42. The van der Waals surface area contributed by atoms with Gasteiger partial charge < -0.3 is 5.32 Å². The van der Waals surface area contributed by atoms with Gasteiger partial charge in [0.25, 0.3) is 0 Å². The van der Waals surface area contributed by atoms with Crippen molar-refractivity contribution in [2.24, 2.45) is 0 Å². The van der Waals surface area contributed by atoms with E-state index in [1.54, 1.807) is 0 Å². The molecule has 0 amide bonds. The monoisotopic (exact) mass is 271 g/mol. The molecule has 1 nitrogen and oxygen atoms in total. The fourth-order valence-electron chi connectivity index (χ4n) is 1.52. The molecule has 1 atom stereocenters. The van der Waals surface area contributed by atoms with Gasteiger partial charge in [-0.3, -0.25) is 0 Å². The van der Waals surface area contributed by atoms with Crippen LogP contribution in [0.2, 0.25) is 0 Å². The normalized spacial score (nSPS) is 12.5. The summed E-state index contributed by atoms with van der Waals surface area (Å²) in [7, 11) is 0. The Kier molecular flexibility index (Phi) is 4.48. The first-order valence-electron chi connectivity index (χ1n) is 4.89. The molecule has 3 heteroatoms. The van der Waals surface area contributed by atoms with Crippen LogP contribution >= 0.6 is 15.9 Å². The molecule has 0 saturated heterocycles. The summed E-state index contributed by atoms with van der Waals surface area (Å²) >= 11 is 3.28. The zero-order valence-corrected chi connectivity index (χ0v) is 10.6. The van der Waals surface area contributed by atoms with E-state index in [9.17, 15) is 4.39 Å². The van der Waals surface area contributed by atoms with Crippen molar-refractivity contribution in [1.82, 2.24) is 5.32 Å². The second-order valence-corrected chi connectivity index (χ2v) is 4.46. The number of hydrogen-bond donors (Lipinski definition) is 1. The molecule has 0 fully saturated rings. The molecular formula is C12H15BrFN. The molecule has 82 valence electrons. The molecule has 0 heterocycles. The van der Waals surface area contributed by atoms with Crippen molar-refractivity contribution in [1.29, 1.82) is 0 Å². The lowest BCUT2D eigenvalue weighted by atomic mass is 10.0. The molecule has 1 aromatic carbocycles. The lowest BCUT2D eigenvalue weighted by molar-refractivity contribution is 0.597. The van der Waals surface area contributed by atoms with E-state index < -0.39 is 0 Å². The summed E-state index contributed by atoms with van der Waals surface area (Å²) in [6.07, 6.45) is 0. The average Bonchev–Trinajstić information content (AvgIpc) is 2.11. The molecule has 1 aromatic rings. The van der Waals surface area contributed by atoms with Crippen LogP contribution in [-0.4, -0.2) is 6.54 Å². The Bertz CT molecular complexity index is 342. The summed E-state index contributed by atoms with van der Waals surface area (Å²) in [6, 6.07) is 4.91. The van der Waals surface area contributed by atoms with Gasteiger partial charge in [-0.1, -0.05) is 35.0 Å². The van der Waals surface area contributed by atoms with Crippen LogP contribution in [0.4, 0.5) is 4.39 Å². The fraction of sp³-hybridized carbons (Fsp3) is 0.333. The number of hydrogen-bond acceptors (Lipinski definition) is 1. The Morgan fingerprint density at radius 3 is 2.67 bits per heavy atom. The zero-order chi connectivity index (χ0) is 11.4. The summed E-state index contributed by atoms with van der Waals surface area (Å²) in [5.41, 5.74) is 1.88. The van der Waals surface area contributed by atoms with Gasteiger partial charge >= 0.3 is 0 Å². The summed E-state index contributed by atoms with van der Waals surface area (Å²) < 4.78 is 14.0. The van der Waals surface area contributed by atoms with Crippen molar-refractivity contribution in [2.45, 2.75) is 19.9 Å². The van der Waals surface area contributed by atoms with E-state index in [-0.39, 0.29) is 11.9 Å². The van der Waals surface area contributed by atoms with E-state index in [0.717, 1.165) is 22.2 Å². The number of benzene rings is 1. The topological polar surface area (TPSA) is 12.0 Å². The molecular weight excluding hydrogens is 257 g/mol. The molecule has 15 heavy (non-hydrogen) atoms. The first-order chi connectivity index (χ1) is 7.04. The summed E-state index contributed by atoms with van der Waals surface area (Å²) in [5, 5.41) is 3.27. The van der Waals surface area contributed by atoms with Crippen molar-refractivity contribution in [3.8, 4) is 0 Å². The van der Waals surface area contributed by atoms with Crippen molar-refractivity contribution in [3.63, 3.8) is 0 Å². The smallest absolute Gasteiger partial charge is 0.124 e. The van der Waals surface area contributed by atoms with Gasteiger partial charge in [-0.2, -0.15) is 0 Å². The average molecular weight is 272 g/mol. The maximum absolute atomic E-state index is 13.2. The van der Waals surface area contributed by atoms with Gasteiger partial charge in [-0.25, -0.2) is 4.39 Å². The maximum atomic E-state index is 13.2. The van der Waals surface area contributed by atoms with Crippen molar-refractivity contribution >= 4 is 15.9 Å². The molecule has 1 N–H and O–H groups in total. The lowest BCUT2D eigenvalue weighted by Gasteiger charge is -2.18. The van der Waals surface area contributed by atoms with E-state index in [1.807, 2.05) is 19.9 Å². The summed E-state index contributed by atoms with van der Waals surface area (Å²) in [5.74, 6) is -0.233. The van der Waals surface area contributed by atoms with Gasteiger partial charge in [-0.15, -0.1) is 0 Å². The highest BCUT2D eigenvalue weighted by Gasteiger charge is 2.12. The highest BCUT2D eigenvalue weighted by Crippen LogP contribution is 2.24. The van der Waals surface area contributed by atoms with Crippen molar-refractivity contribution in [3.05, 3.63) is 46.2 Å². The molecule has 1 rings (SSSR count). The molecule has 0 spiro atoms. The third kappa shape index (κ3) is 3.43. The van der Waals surface area contributed by atoms with Crippen LogP contribution in [0, 0.1) is 5.82 Å². The quantitative estimate of drug-likeness (QED) is 0.822. The van der Waals surface area contributed by atoms with E-state index in [4.69, 9.17) is 0 Å². The Labute approximate surface area is 98.5 Å². The van der Waals surface area contributed by atoms with E-state index >= 15 is 0 Å². The van der Waals surface area contributed by atoms with Gasteiger partial charge in [0, 0.05) is 4.47 Å². The number of likely N-dealkylation sites (N-methyl/N-ethyl adjacent to an activating group) is 1. The molecule has 0 aliphatic carbocycles. The maximum Gasteiger partial charge on any atom is 0.124 e. The Morgan fingerprint density at radius 1 is 1.53 bits per heavy atom. The molecule has 0 radical (unpaired) electrons. The zero-order valence-electron chi connectivity index (χ0n) is 8.98. The van der Waals surface area contributed by atoms with Crippen LogP contribution in [-0.2, 0) is 0 Å². The minimum Gasteiger partial charge on any atom is -0.307 e. The SMILES string of the molecule is C=C(C)C(NCC)c1cc(F)cc(Br)c1. The van der Waals surface area contributed by atoms with Crippen molar-refractivity contribution < 1.29 is 4.39 Å². The van der Waals surface area contributed by atoms with E-state index in [0.29, 0.717) is 0 Å². The number of rotatable bonds is 4. The molecule has 0 aliphatic rings. The molecule has 0 saturated carbocycles. The van der Waals surface area contributed by atoms with Gasteiger partial charge in [0.2, 0.25) is 0 Å². The standard InChI is InChI=1S/C12H15BrFN/c1-4-15-12(8(2)3)9-5-10(13)7-11(14)6-9/h5-7,12,15H,2,4H2,1,3H3. The van der Waals surface area contributed by atoms with Gasteiger partial charge in [-0.05, 0) is 37.2 Å². The van der Waals surface area contributed by atoms with E-state index in [1.165, 1.54) is 12.1 Å². The minimum atomic E-state index is -0.233. The first-order valence-corrected chi connectivity index (χ1v) is 5.68. The molecule has 1 unspecified atom stereocenters. The second-order valence-electron chi connectivity index (χ2n) is 3.54. The van der Waals surface area contributed by atoms with Gasteiger partial charge in [0.15, 0.2) is 0 Å². The highest BCUT2D eigenvalue weighted by molar-refractivity contribution is 9.10. The number of nitrogens with one attached hydrogen (secondary N) is 1. The Hall–Kier alpha value is -0.670. The van der Waals surface area contributed by atoms with Crippen LogP contribution in [0.1, 0.15) is 25.5 Å². The molecule has 0 bridgehead atoms. The Balaban J connectivity index is 3.05. The predicted octanol–water partition coefficient (Wildman–Crippen LogP) is 3.81. The number of halogens is 2. The predicted molar refractivity (Wildman–Crippen MR) is 65.3 cm³/mol. The van der Waals surface area contributed by atoms with Crippen LogP contribution in [0.5, 0.6) is 0 Å². The first kappa shape index (κ1) is 12.4.